The van der Waals surface area contributed by atoms with Gasteiger partial charge in [-0.25, -0.2) is 0 Å². The van der Waals surface area contributed by atoms with Gasteiger partial charge in [0.1, 0.15) is 5.78 Å². The van der Waals surface area contributed by atoms with Crippen molar-refractivity contribution in [2.24, 2.45) is 62.6 Å². The molecule has 5 saturated carbocycles. The molecule has 5 fully saturated rings. The smallest absolute Gasteiger partial charge is 0.137 e. The van der Waals surface area contributed by atoms with Crippen LogP contribution >= 0.6 is 0 Å². The molecule has 0 bridgehead atoms. The Balaban J connectivity index is 1.59. The zero-order valence-corrected chi connectivity index (χ0v) is 21.9. The fraction of sp³-hybridized carbons (Fsp3) is 0.967. The third kappa shape index (κ3) is 2.70. The number of rotatable bonds is 1. The van der Waals surface area contributed by atoms with Gasteiger partial charge in [-0.3, -0.25) is 4.79 Å². The molecule has 0 heterocycles. The van der Waals surface area contributed by atoms with Crippen LogP contribution in [0, 0.1) is 62.6 Å². The Morgan fingerprint density at radius 3 is 2.16 bits per heavy atom. The van der Waals surface area contributed by atoms with Crippen LogP contribution in [0.2, 0.25) is 0 Å². The molecule has 9 unspecified atom stereocenters. The first-order valence-electron chi connectivity index (χ1n) is 13.8. The number of Topliss-reactive ketones (excluding diaryl/α,β-unsaturated/α-hetero) is 1. The summed E-state index contributed by atoms with van der Waals surface area (Å²) in [5.74, 6) is 4.47. The highest BCUT2D eigenvalue weighted by Gasteiger charge is 2.71. The largest absolute Gasteiger partial charge is 0.299 e. The van der Waals surface area contributed by atoms with E-state index in [4.69, 9.17) is 0 Å². The van der Waals surface area contributed by atoms with Crippen LogP contribution < -0.4 is 0 Å². The SMILES string of the molecule is CC(C)C1CCC2(C)CCC3(C)C(C(=O)CC4C5(C)CCCC(C)(C)C5CCC43C)C12. The molecule has 0 aromatic carbocycles. The maximum atomic E-state index is 14.3. The molecule has 5 aliphatic rings. The Morgan fingerprint density at radius 2 is 1.48 bits per heavy atom. The summed E-state index contributed by atoms with van der Waals surface area (Å²) in [5.41, 5.74) is 1.73. The maximum Gasteiger partial charge on any atom is 0.137 e. The highest BCUT2D eigenvalue weighted by Crippen LogP contribution is 2.76. The van der Waals surface area contributed by atoms with Gasteiger partial charge >= 0.3 is 0 Å². The van der Waals surface area contributed by atoms with E-state index >= 15 is 0 Å². The van der Waals surface area contributed by atoms with E-state index in [1.165, 1.54) is 57.8 Å². The lowest BCUT2D eigenvalue weighted by atomic mass is 9.32. The number of hydrogen-bond acceptors (Lipinski definition) is 1. The number of fused-ring (bicyclic) bond motifs is 7. The summed E-state index contributed by atoms with van der Waals surface area (Å²) in [6.07, 6.45) is 13.1. The Morgan fingerprint density at radius 1 is 0.774 bits per heavy atom. The Labute approximate surface area is 192 Å². The first-order chi connectivity index (χ1) is 14.3. The van der Waals surface area contributed by atoms with Crippen LogP contribution in [0.25, 0.3) is 0 Å². The Kier molecular flexibility index (Phi) is 4.80. The topological polar surface area (TPSA) is 17.1 Å². The predicted octanol–water partition coefficient (Wildman–Crippen LogP) is 8.31. The molecule has 5 aliphatic carbocycles. The van der Waals surface area contributed by atoms with E-state index in [1.807, 2.05) is 0 Å². The van der Waals surface area contributed by atoms with Crippen molar-refractivity contribution in [1.29, 1.82) is 0 Å². The predicted molar refractivity (Wildman–Crippen MR) is 130 cm³/mol. The molecule has 0 aromatic heterocycles. The summed E-state index contributed by atoms with van der Waals surface area (Å²) in [5, 5.41) is 0. The second kappa shape index (κ2) is 6.63. The quantitative estimate of drug-likeness (QED) is 0.412. The summed E-state index contributed by atoms with van der Waals surface area (Å²) in [6.45, 7) is 20.4. The van der Waals surface area contributed by atoms with Crippen molar-refractivity contribution in [2.75, 3.05) is 0 Å². The molecule has 1 heteroatoms. The summed E-state index contributed by atoms with van der Waals surface area (Å²) in [6, 6.07) is 0. The minimum absolute atomic E-state index is 0.199. The van der Waals surface area contributed by atoms with E-state index in [-0.39, 0.29) is 5.41 Å². The van der Waals surface area contributed by atoms with Gasteiger partial charge in [0, 0.05) is 12.3 Å². The van der Waals surface area contributed by atoms with Gasteiger partial charge in [0.2, 0.25) is 0 Å². The highest BCUT2D eigenvalue weighted by atomic mass is 16.1. The highest BCUT2D eigenvalue weighted by molar-refractivity contribution is 5.84. The van der Waals surface area contributed by atoms with Crippen molar-refractivity contribution >= 4 is 5.78 Å². The molecule has 9 atom stereocenters. The molecule has 0 aliphatic heterocycles. The van der Waals surface area contributed by atoms with Gasteiger partial charge in [-0.15, -0.1) is 0 Å². The van der Waals surface area contributed by atoms with Gasteiger partial charge in [-0.2, -0.15) is 0 Å². The van der Waals surface area contributed by atoms with Crippen molar-refractivity contribution in [3.05, 3.63) is 0 Å². The summed E-state index contributed by atoms with van der Waals surface area (Å²) >= 11 is 0. The minimum atomic E-state index is 0.199. The van der Waals surface area contributed by atoms with Crippen molar-refractivity contribution in [3.63, 3.8) is 0 Å². The molecular weight excluding hydrogens is 376 g/mol. The third-order valence-electron chi connectivity index (χ3n) is 13.3. The monoisotopic (exact) mass is 426 g/mol. The molecule has 0 radical (unpaired) electrons. The molecule has 0 aromatic rings. The molecule has 0 saturated heterocycles. The maximum absolute atomic E-state index is 14.3. The van der Waals surface area contributed by atoms with E-state index in [1.54, 1.807) is 0 Å². The normalized spacial score (nSPS) is 55.9. The van der Waals surface area contributed by atoms with Crippen LogP contribution in [0.4, 0.5) is 0 Å². The van der Waals surface area contributed by atoms with Gasteiger partial charge in [0.15, 0.2) is 0 Å². The van der Waals surface area contributed by atoms with Crippen molar-refractivity contribution in [1.82, 2.24) is 0 Å². The van der Waals surface area contributed by atoms with Gasteiger partial charge in [0.25, 0.3) is 0 Å². The summed E-state index contributed by atoms with van der Waals surface area (Å²) < 4.78 is 0. The van der Waals surface area contributed by atoms with E-state index in [0.29, 0.717) is 51.1 Å². The minimum Gasteiger partial charge on any atom is -0.299 e. The lowest BCUT2D eigenvalue weighted by molar-refractivity contribution is -0.229. The van der Waals surface area contributed by atoms with Crippen LogP contribution in [0.15, 0.2) is 0 Å². The molecule has 1 nitrogen and oxygen atoms in total. The fourth-order valence-electron chi connectivity index (χ4n) is 11.5. The van der Waals surface area contributed by atoms with Gasteiger partial charge in [0.05, 0.1) is 0 Å². The van der Waals surface area contributed by atoms with Crippen molar-refractivity contribution < 1.29 is 4.79 Å². The van der Waals surface area contributed by atoms with E-state index in [0.717, 1.165) is 18.3 Å². The second-order valence-corrected chi connectivity index (χ2v) is 15.1. The fourth-order valence-corrected chi connectivity index (χ4v) is 11.5. The van der Waals surface area contributed by atoms with Crippen LogP contribution in [-0.2, 0) is 4.79 Å². The van der Waals surface area contributed by atoms with E-state index < -0.39 is 0 Å². The second-order valence-electron chi connectivity index (χ2n) is 15.1. The molecule has 31 heavy (non-hydrogen) atoms. The number of carbonyl (C=O) groups is 1. The molecule has 0 spiro atoms. The van der Waals surface area contributed by atoms with Crippen molar-refractivity contribution in [2.45, 2.75) is 120 Å². The average molecular weight is 427 g/mol. The lowest BCUT2D eigenvalue weighted by Gasteiger charge is -2.72. The van der Waals surface area contributed by atoms with Gasteiger partial charge in [-0.05, 0) is 108 Å². The third-order valence-corrected chi connectivity index (χ3v) is 13.3. The van der Waals surface area contributed by atoms with E-state index in [9.17, 15) is 4.79 Å². The molecule has 5 rings (SSSR count). The molecule has 176 valence electrons. The van der Waals surface area contributed by atoms with Crippen LogP contribution in [0.3, 0.4) is 0 Å². The van der Waals surface area contributed by atoms with Crippen LogP contribution in [-0.4, -0.2) is 5.78 Å². The zero-order valence-electron chi connectivity index (χ0n) is 21.9. The van der Waals surface area contributed by atoms with Crippen LogP contribution in [0.5, 0.6) is 0 Å². The zero-order chi connectivity index (χ0) is 22.6. The molecule has 0 N–H and O–H groups in total. The standard InChI is InChI=1S/C30H50O/c1-19(2)20-10-14-27(5)16-17-30(8)25(24(20)27)21(31)18-23-28(6)13-9-12-26(3,4)22(28)11-15-29(23,30)7/h19-20,22-25H,9-18H2,1-8H3. The number of hydrogen-bond donors (Lipinski definition) is 0. The van der Waals surface area contributed by atoms with Crippen molar-refractivity contribution in [3.8, 4) is 0 Å². The first-order valence-corrected chi connectivity index (χ1v) is 13.8. The number of ketones is 1. The Hall–Kier alpha value is -0.330. The summed E-state index contributed by atoms with van der Waals surface area (Å²) in [7, 11) is 0. The molecule has 0 amide bonds. The lowest BCUT2D eigenvalue weighted by Crippen LogP contribution is -2.67. The van der Waals surface area contributed by atoms with Crippen LogP contribution in [0.1, 0.15) is 120 Å². The molecular formula is C30H50O. The first kappa shape index (κ1) is 22.5. The average Bonchev–Trinajstić information content (AvgIpc) is 3.01. The number of carbonyl (C=O) groups excluding carboxylic acids is 1. The summed E-state index contributed by atoms with van der Waals surface area (Å²) in [4.78, 5) is 14.3. The van der Waals surface area contributed by atoms with E-state index in [2.05, 4.69) is 55.4 Å². The van der Waals surface area contributed by atoms with Gasteiger partial charge in [-0.1, -0.05) is 61.8 Å². The Bertz CT molecular complexity index is 764. The van der Waals surface area contributed by atoms with Gasteiger partial charge < -0.3 is 0 Å².